The Balaban J connectivity index is -0.000000400. The Morgan fingerprint density at radius 2 is 1.07 bits per heavy atom. The Morgan fingerprint density at radius 3 is 1.30 bits per heavy atom. The molecule has 0 fully saturated rings. The maximum absolute atomic E-state index is 10.8. The van der Waals surface area contributed by atoms with Gasteiger partial charge in [0.25, 0.3) is 0 Å². The smallest absolute Gasteiger partial charge is 0.336 e. The molecule has 164 valence electrons. The van der Waals surface area contributed by atoms with E-state index in [2.05, 4.69) is 26.3 Å². The molecule has 0 heterocycles. The molecule has 0 aliphatic heterocycles. The number of rotatable bonds is 6. The summed E-state index contributed by atoms with van der Waals surface area (Å²) in [5.74, 6) is -6.26. The minimum atomic E-state index is -1.29. The van der Waals surface area contributed by atoms with E-state index in [4.69, 9.17) is 25.5 Å². The summed E-state index contributed by atoms with van der Waals surface area (Å²) in [6.45, 7) is 12.3. The van der Waals surface area contributed by atoms with Crippen LogP contribution in [0.3, 0.4) is 0 Å². The van der Waals surface area contributed by atoms with Gasteiger partial charge in [-0.3, -0.25) is 0 Å². The molecule has 0 aromatic heterocycles. The number of phenolic OH excluding ortho intramolecular Hbond substituents is 3. The van der Waals surface area contributed by atoms with E-state index in [1.807, 2.05) is 0 Å². The number of phenols is 3. The maximum Gasteiger partial charge on any atom is 0.336 e. The molecule has 0 saturated heterocycles. The molecule has 1 aromatic carbocycles. The highest BCUT2D eigenvalue weighted by atomic mass is 16.4. The third-order valence-corrected chi connectivity index (χ3v) is 2.46. The molecule has 0 spiro atoms. The highest BCUT2D eigenvalue weighted by Crippen LogP contribution is 2.39. The zero-order valence-electron chi connectivity index (χ0n) is 15.7. The van der Waals surface area contributed by atoms with Gasteiger partial charge in [0.1, 0.15) is 0 Å². The maximum atomic E-state index is 10.8. The van der Waals surface area contributed by atoms with Crippen LogP contribution in [0.2, 0.25) is 0 Å². The van der Waals surface area contributed by atoms with Gasteiger partial charge in [-0.25, -0.2) is 19.2 Å². The van der Waals surface area contributed by atoms with Gasteiger partial charge >= 0.3 is 23.9 Å². The van der Waals surface area contributed by atoms with Crippen molar-refractivity contribution < 1.29 is 54.9 Å². The molecular weight excluding hydrogens is 404 g/mol. The summed E-state index contributed by atoms with van der Waals surface area (Å²) in [6.07, 6.45) is 3.97. The Labute approximate surface area is 171 Å². The van der Waals surface area contributed by atoms with Crippen LogP contribution in [0.25, 0.3) is 0 Å². The summed E-state index contributed by atoms with van der Waals surface area (Å²) in [6, 6.07) is 0.885. The average Bonchev–Trinajstić information content (AvgIpc) is 2.69. The van der Waals surface area contributed by atoms with Crippen molar-refractivity contribution in [2.75, 3.05) is 0 Å². The van der Waals surface area contributed by atoms with Crippen LogP contribution >= 0.6 is 0 Å². The van der Waals surface area contributed by atoms with Gasteiger partial charge in [-0.1, -0.05) is 25.8 Å². The summed E-state index contributed by atoms with van der Waals surface area (Å²) in [5, 5.41) is 59.3. The molecule has 30 heavy (non-hydrogen) atoms. The molecule has 1 aromatic rings. The van der Waals surface area contributed by atoms with Crippen molar-refractivity contribution in [1.82, 2.24) is 0 Å². The highest BCUT2D eigenvalue weighted by molar-refractivity contribution is 5.91. The van der Waals surface area contributed by atoms with Crippen molar-refractivity contribution in [3.05, 3.63) is 67.8 Å². The van der Waals surface area contributed by atoms with Crippen LogP contribution in [0, 0.1) is 0 Å². The fourth-order valence-electron chi connectivity index (χ4n) is 1.23. The van der Waals surface area contributed by atoms with Crippen molar-refractivity contribution in [3.63, 3.8) is 0 Å². The summed E-state index contributed by atoms with van der Waals surface area (Å²) >= 11 is 0. The molecule has 0 aliphatic carbocycles. The number of aromatic hydroxyl groups is 3. The topological polar surface area (TPSA) is 210 Å². The molecule has 0 atom stereocenters. The number of allylic oxidation sites excluding steroid dienone is 1. The van der Waals surface area contributed by atoms with Gasteiger partial charge in [-0.05, 0) is 12.5 Å². The molecule has 0 aliphatic rings. The number of carboxylic acids is 4. The first-order chi connectivity index (χ1) is 13.8. The molecular formula is C19H22O11. The number of hydrogen-bond donors (Lipinski definition) is 7. The summed E-state index contributed by atoms with van der Waals surface area (Å²) in [4.78, 5) is 38.5. The zero-order valence-corrected chi connectivity index (χ0v) is 15.7. The SMILES string of the molecule is C=CC(=O)O.C=CC(=O)O.C=CC(=O)O.C=CCc1c(C(=O)O)cc(O)c(O)c1O. The predicted molar refractivity (Wildman–Crippen MR) is 106 cm³/mol. The van der Waals surface area contributed by atoms with Gasteiger partial charge in [-0.2, -0.15) is 0 Å². The van der Waals surface area contributed by atoms with E-state index in [0.29, 0.717) is 0 Å². The van der Waals surface area contributed by atoms with Crippen molar-refractivity contribution in [3.8, 4) is 17.2 Å². The van der Waals surface area contributed by atoms with Crippen molar-refractivity contribution in [2.24, 2.45) is 0 Å². The van der Waals surface area contributed by atoms with Crippen LogP contribution in [-0.2, 0) is 20.8 Å². The monoisotopic (exact) mass is 426 g/mol. The quantitative estimate of drug-likeness (QED) is 0.199. The van der Waals surface area contributed by atoms with E-state index < -0.39 is 41.1 Å². The second kappa shape index (κ2) is 16.6. The molecule has 11 heteroatoms. The number of hydrogen-bond acceptors (Lipinski definition) is 7. The van der Waals surface area contributed by atoms with Crippen LogP contribution in [0.5, 0.6) is 17.2 Å². The van der Waals surface area contributed by atoms with Gasteiger partial charge in [0.05, 0.1) is 5.56 Å². The molecule has 0 radical (unpaired) electrons. The van der Waals surface area contributed by atoms with Crippen LogP contribution in [0.1, 0.15) is 15.9 Å². The second-order valence-corrected chi connectivity index (χ2v) is 4.54. The Hall–Kier alpha value is -4.54. The van der Waals surface area contributed by atoms with Crippen LogP contribution < -0.4 is 0 Å². The van der Waals surface area contributed by atoms with Gasteiger partial charge in [-0.15, -0.1) is 6.58 Å². The van der Waals surface area contributed by atoms with E-state index in [0.717, 1.165) is 24.3 Å². The predicted octanol–water partition coefficient (Wildman–Crippen LogP) is 2.00. The van der Waals surface area contributed by atoms with E-state index in [9.17, 15) is 29.4 Å². The van der Waals surface area contributed by atoms with Gasteiger partial charge in [0.2, 0.25) is 5.75 Å². The Morgan fingerprint density at radius 1 is 0.733 bits per heavy atom. The third-order valence-electron chi connectivity index (χ3n) is 2.46. The number of carbonyl (C=O) groups is 4. The average molecular weight is 426 g/mol. The fraction of sp³-hybridized carbons (Fsp3) is 0.0526. The molecule has 1 rings (SSSR count). The normalized spacial score (nSPS) is 8.13. The summed E-state index contributed by atoms with van der Waals surface area (Å²) in [5.41, 5.74) is -0.240. The number of benzene rings is 1. The lowest BCUT2D eigenvalue weighted by Crippen LogP contribution is -2.02. The first-order valence-corrected chi connectivity index (χ1v) is 7.47. The van der Waals surface area contributed by atoms with Crippen molar-refractivity contribution in [1.29, 1.82) is 0 Å². The third kappa shape index (κ3) is 14.6. The van der Waals surface area contributed by atoms with Crippen LogP contribution in [-0.4, -0.2) is 59.6 Å². The van der Waals surface area contributed by atoms with E-state index in [1.165, 1.54) is 6.08 Å². The zero-order chi connectivity index (χ0) is 24.4. The van der Waals surface area contributed by atoms with Gasteiger partial charge in [0.15, 0.2) is 11.5 Å². The molecule has 7 N–H and O–H groups in total. The Bertz CT molecular complexity index is 764. The van der Waals surface area contributed by atoms with Gasteiger partial charge < -0.3 is 35.7 Å². The Kier molecular flexibility index (Phi) is 16.7. The van der Waals surface area contributed by atoms with E-state index in [-0.39, 0.29) is 17.5 Å². The molecule has 11 nitrogen and oxygen atoms in total. The number of aliphatic carboxylic acids is 3. The first kappa shape index (κ1) is 30.2. The molecule has 0 bridgehead atoms. The van der Waals surface area contributed by atoms with E-state index in [1.54, 1.807) is 0 Å². The van der Waals surface area contributed by atoms with Crippen molar-refractivity contribution >= 4 is 23.9 Å². The summed E-state index contributed by atoms with van der Waals surface area (Å²) in [7, 11) is 0. The van der Waals surface area contributed by atoms with E-state index >= 15 is 0 Å². The molecule has 0 amide bonds. The molecule has 0 saturated carbocycles. The number of aromatic carboxylic acids is 1. The van der Waals surface area contributed by atoms with Crippen LogP contribution in [0.15, 0.2) is 56.7 Å². The lowest BCUT2D eigenvalue weighted by molar-refractivity contribution is -0.132. The van der Waals surface area contributed by atoms with Crippen LogP contribution in [0.4, 0.5) is 0 Å². The van der Waals surface area contributed by atoms with Crippen molar-refractivity contribution in [2.45, 2.75) is 6.42 Å². The van der Waals surface area contributed by atoms with Gasteiger partial charge in [0, 0.05) is 23.8 Å². The lowest BCUT2D eigenvalue weighted by Gasteiger charge is -2.09. The lowest BCUT2D eigenvalue weighted by atomic mass is 10.0. The minimum absolute atomic E-state index is 0.0211. The standard InChI is InChI=1S/C10H10O5.3C3H4O2/c1-2-3-5-6(10(14)15)4-7(11)9(13)8(5)12;3*1-2-3(4)5/h2,4,11-13H,1,3H2,(H,14,15);3*2H,1H2,(H,4,5). The number of carboxylic acid groups (broad SMARTS) is 4. The highest BCUT2D eigenvalue weighted by Gasteiger charge is 2.19. The molecule has 0 unspecified atom stereocenters. The minimum Gasteiger partial charge on any atom is -0.504 e. The summed E-state index contributed by atoms with van der Waals surface area (Å²) < 4.78 is 0. The largest absolute Gasteiger partial charge is 0.504 e. The first-order valence-electron chi connectivity index (χ1n) is 7.47. The second-order valence-electron chi connectivity index (χ2n) is 4.54. The fourth-order valence-corrected chi connectivity index (χ4v) is 1.23.